The molecule has 0 fully saturated rings. The lowest BCUT2D eigenvalue weighted by atomic mass is 10.2. The van der Waals surface area contributed by atoms with Crippen molar-refractivity contribution in [2.75, 3.05) is 11.1 Å². The number of nitrogens with two attached hydrogens (primary N) is 1. The highest BCUT2D eigenvalue weighted by molar-refractivity contribution is 5.91. The molecule has 2 heterocycles. The normalized spacial score (nSPS) is 10.7. The summed E-state index contributed by atoms with van der Waals surface area (Å²) < 4.78 is 1.79. The molecule has 0 bridgehead atoms. The van der Waals surface area contributed by atoms with Gasteiger partial charge in [0.1, 0.15) is 0 Å². The van der Waals surface area contributed by atoms with Crippen molar-refractivity contribution in [1.82, 2.24) is 14.8 Å². The van der Waals surface area contributed by atoms with Gasteiger partial charge in [0.05, 0.1) is 30.2 Å². The van der Waals surface area contributed by atoms with Crippen molar-refractivity contribution < 1.29 is 4.79 Å². The minimum absolute atomic E-state index is 0.124. The van der Waals surface area contributed by atoms with Gasteiger partial charge in [-0.2, -0.15) is 5.10 Å². The van der Waals surface area contributed by atoms with Gasteiger partial charge in [0.2, 0.25) is 5.91 Å². The first-order valence-electron chi connectivity index (χ1n) is 6.09. The Morgan fingerprint density at radius 3 is 2.79 bits per heavy atom. The van der Waals surface area contributed by atoms with Crippen molar-refractivity contribution >= 4 is 17.3 Å². The molecule has 0 spiro atoms. The quantitative estimate of drug-likeness (QED) is 0.873. The molecule has 0 saturated carbocycles. The number of amides is 1. The number of pyridine rings is 1. The summed E-state index contributed by atoms with van der Waals surface area (Å²) in [4.78, 5) is 15.9. The van der Waals surface area contributed by atoms with Crippen molar-refractivity contribution in [2.45, 2.75) is 26.3 Å². The molecule has 2 aromatic rings. The Labute approximate surface area is 111 Å². The highest BCUT2D eigenvalue weighted by Gasteiger charge is 2.07. The summed E-state index contributed by atoms with van der Waals surface area (Å²) in [6.07, 6.45) is 5.19. The lowest BCUT2D eigenvalue weighted by Crippen LogP contribution is -2.14. The van der Waals surface area contributed by atoms with E-state index in [9.17, 15) is 4.79 Å². The second kappa shape index (κ2) is 5.51. The molecule has 2 rings (SSSR count). The van der Waals surface area contributed by atoms with Gasteiger partial charge in [0, 0.05) is 17.9 Å². The number of carbonyl (C=O) groups is 1. The molecule has 0 atom stereocenters. The van der Waals surface area contributed by atoms with E-state index in [2.05, 4.69) is 15.4 Å². The summed E-state index contributed by atoms with van der Waals surface area (Å²) in [6.45, 7) is 4.05. The minimum Gasteiger partial charge on any atom is -0.397 e. The van der Waals surface area contributed by atoms with Gasteiger partial charge in [-0.05, 0) is 26.0 Å². The molecule has 19 heavy (non-hydrogen) atoms. The Bertz CT molecular complexity index is 559. The van der Waals surface area contributed by atoms with E-state index in [1.807, 2.05) is 13.8 Å². The zero-order chi connectivity index (χ0) is 13.8. The fraction of sp³-hybridized carbons (Fsp3) is 0.308. The third kappa shape index (κ3) is 3.54. The summed E-state index contributed by atoms with van der Waals surface area (Å²) in [7, 11) is 0. The van der Waals surface area contributed by atoms with E-state index < -0.39 is 0 Å². The molecule has 0 radical (unpaired) electrons. The number of anilines is 2. The smallest absolute Gasteiger partial charge is 0.230 e. The van der Waals surface area contributed by atoms with Crippen molar-refractivity contribution in [3.8, 4) is 0 Å². The maximum absolute atomic E-state index is 11.8. The molecule has 1 amide bonds. The molecule has 2 aromatic heterocycles. The van der Waals surface area contributed by atoms with E-state index in [1.165, 1.54) is 0 Å². The first-order chi connectivity index (χ1) is 9.04. The molecule has 6 heteroatoms. The van der Waals surface area contributed by atoms with Gasteiger partial charge in [-0.15, -0.1) is 0 Å². The van der Waals surface area contributed by atoms with Crippen LogP contribution < -0.4 is 11.1 Å². The highest BCUT2D eigenvalue weighted by Crippen LogP contribution is 2.10. The number of hydrogen-bond donors (Lipinski definition) is 2. The molecule has 0 unspecified atom stereocenters. The second-order valence-corrected chi connectivity index (χ2v) is 4.61. The number of rotatable bonds is 4. The standard InChI is InChI=1S/C13H17N5O/c1-9(2)18-8-12(7-16-18)17-13(19)5-11-4-3-10(14)6-15-11/h3-4,6-9H,5,14H2,1-2H3,(H,17,19). The molecule has 0 aliphatic rings. The van der Waals surface area contributed by atoms with Crippen LogP contribution in [0.4, 0.5) is 11.4 Å². The van der Waals surface area contributed by atoms with E-state index in [0.717, 1.165) is 0 Å². The lowest BCUT2D eigenvalue weighted by Gasteiger charge is -2.04. The monoisotopic (exact) mass is 259 g/mol. The van der Waals surface area contributed by atoms with E-state index in [4.69, 9.17) is 5.73 Å². The van der Waals surface area contributed by atoms with Gasteiger partial charge in [-0.1, -0.05) is 0 Å². The lowest BCUT2D eigenvalue weighted by molar-refractivity contribution is -0.115. The maximum atomic E-state index is 11.8. The van der Waals surface area contributed by atoms with Crippen LogP contribution in [-0.2, 0) is 11.2 Å². The summed E-state index contributed by atoms with van der Waals surface area (Å²) in [5.74, 6) is -0.124. The van der Waals surface area contributed by atoms with Crippen molar-refractivity contribution in [1.29, 1.82) is 0 Å². The molecule has 0 aliphatic carbocycles. The zero-order valence-corrected chi connectivity index (χ0v) is 11.0. The second-order valence-electron chi connectivity index (χ2n) is 4.61. The van der Waals surface area contributed by atoms with E-state index in [1.54, 1.807) is 35.4 Å². The zero-order valence-electron chi connectivity index (χ0n) is 11.0. The third-order valence-electron chi connectivity index (χ3n) is 2.60. The van der Waals surface area contributed by atoms with Crippen LogP contribution in [-0.4, -0.2) is 20.7 Å². The van der Waals surface area contributed by atoms with Crippen LogP contribution >= 0.6 is 0 Å². The van der Waals surface area contributed by atoms with Crippen LogP contribution in [0.1, 0.15) is 25.6 Å². The summed E-state index contributed by atoms with van der Waals surface area (Å²) >= 11 is 0. The van der Waals surface area contributed by atoms with Gasteiger partial charge in [0.15, 0.2) is 0 Å². The molecule has 0 saturated heterocycles. The summed E-state index contributed by atoms with van der Waals surface area (Å²) in [6, 6.07) is 3.74. The molecule has 100 valence electrons. The number of hydrogen-bond acceptors (Lipinski definition) is 4. The van der Waals surface area contributed by atoms with Crippen LogP contribution in [0.25, 0.3) is 0 Å². The van der Waals surface area contributed by atoms with Crippen molar-refractivity contribution in [3.63, 3.8) is 0 Å². The number of nitrogen functional groups attached to an aromatic ring is 1. The van der Waals surface area contributed by atoms with Crippen LogP contribution in [0.2, 0.25) is 0 Å². The van der Waals surface area contributed by atoms with Gasteiger partial charge < -0.3 is 11.1 Å². The average Bonchev–Trinajstić information content (AvgIpc) is 2.80. The fourth-order valence-electron chi connectivity index (χ4n) is 1.60. The fourth-order valence-corrected chi connectivity index (χ4v) is 1.60. The van der Waals surface area contributed by atoms with Gasteiger partial charge >= 0.3 is 0 Å². The average molecular weight is 259 g/mol. The van der Waals surface area contributed by atoms with Crippen LogP contribution in [0.15, 0.2) is 30.7 Å². The number of nitrogens with one attached hydrogen (secondary N) is 1. The Kier molecular flexibility index (Phi) is 3.79. The van der Waals surface area contributed by atoms with Gasteiger partial charge in [-0.3, -0.25) is 14.5 Å². The first-order valence-corrected chi connectivity index (χ1v) is 6.09. The molecular formula is C13H17N5O. The maximum Gasteiger partial charge on any atom is 0.230 e. The Morgan fingerprint density at radius 2 is 2.21 bits per heavy atom. The SMILES string of the molecule is CC(C)n1cc(NC(=O)Cc2ccc(N)cn2)cn1. The van der Waals surface area contributed by atoms with Crippen LogP contribution in [0, 0.1) is 0 Å². The molecule has 0 aliphatic heterocycles. The van der Waals surface area contributed by atoms with Crippen LogP contribution in [0.5, 0.6) is 0 Å². The highest BCUT2D eigenvalue weighted by atomic mass is 16.1. The van der Waals surface area contributed by atoms with Crippen molar-refractivity contribution in [3.05, 3.63) is 36.4 Å². The first kappa shape index (κ1) is 13.1. The third-order valence-corrected chi connectivity index (χ3v) is 2.60. The Hall–Kier alpha value is -2.37. The van der Waals surface area contributed by atoms with E-state index in [0.29, 0.717) is 17.1 Å². The van der Waals surface area contributed by atoms with Gasteiger partial charge in [0.25, 0.3) is 0 Å². The minimum atomic E-state index is -0.124. The summed E-state index contributed by atoms with van der Waals surface area (Å²) in [5.41, 5.74) is 7.50. The van der Waals surface area contributed by atoms with E-state index in [-0.39, 0.29) is 18.4 Å². The number of carbonyl (C=O) groups excluding carboxylic acids is 1. The van der Waals surface area contributed by atoms with Crippen LogP contribution in [0.3, 0.4) is 0 Å². The molecular weight excluding hydrogens is 242 g/mol. The number of aromatic nitrogens is 3. The topological polar surface area (TPSA) is 85.8 Å². The Balaban J connectivity index is 1.95. The predicted octanol–water partition coefficient (Wildman–Crippen LogP) is 1.62. The predicted molar refractivity (Wildman–Crippen MR) is 73.6 cm³/mol. The Morgan fingerprint density at radius 1 is 1.42 bits per heavy atom. The van der Waals surface area contributed by atoms with Crippen molar-refractivity contribution in [2.24, 2.45) is 0 Å². The number of nitrogens with zero attached hydrogens (tertiary/aromatic N) is 3. The molecule has 0 aromatic carbocycles. The largest absolute Gasteiger partial charge is 0.397 e. The summed E-state index contributed by atoms with van der Waals surface area (Å²) in [5, 5.41) is 6.94. The van der Waals surface area contributed by atoms with E-state index >= 15 is 0 Å². The molecule has 6 nitrogen and oxygen atoms in total. The van der Waals surface area contributed by atoms with Gasteiger partial charge in [-0.25, -0.2) is 0 Å². The molecule has 3 N–H and O–H groups in total.